The Balaban J connectivity index is 1.43. The van der Waals surface area contributed by atoms with Crippen LogP contribution in [0.25, 0.3) is 21.9 Å². The molecule has 0 radical (unpaired) electrons. The summed E-state index contributed by atoms with van der Waals surface area (Å²) in [6, 6.07) is 55.5. The molecule has 8 heteroatoms. The quantitative estimate of drug-likeness (QED) is 0.0874. The van der Waals surface area contributed by atoms with Crippen LogP contribution in [0, 0.1) is 19.3 Å². The zero-order chi connectivity index (χ0) is 38.6. The summed E-state index contributed by atoms with van der Waals surface area (Å²) in [7, 11) is -1.23. The van der Waals surface area contributed by atoms with Gasteiger partial charge in [-0.2, -0.15) is 0 Å². The minimum Gasteiger partial charge on any atom is -0.480 e. The summed E-state index contributed by atoms with van der Waals surface area (Å²) >= 11 is 0. The summed E-state index contributed by atoms with van der Waals surface area (Å²) < 4.78 is 2.63. The van der Waals surface area contributed by atoms with E-state index in [2.05, 4.69) is 157 Å². The Morgan fingerprint density at radius 1 is 0.625 bits per heavy atom. The maximum absolute atomic E-state index is 13.0. The zero-order valence-corrected chi connectivity index (χ0v) is 32.2. The molecule has 0 fully saturated rings. The van der Waals surface area contributed by atoms with E-state index in [1.807, 2.05) is 24.3 Å². The van der Waals surface area contributed by atoms with E-state index in [0.717, 1.165) is 61.2 Å². The van der Waals surface area contributed by atoms with Crippen LogP contribution in [-0.4, -0.2) is 29.1 Å². The number of hydrogen-bond donors (Lipinski definition) is 2. The third kappa shape index (κ3) is 5.69. The lowest BCUT2D eigenvalue weighted by Crippen LogP contribution is -2.63. The molecule has 7 aromatic carbocycles. The number of hydrogen-bond acceptors (Lipinski definition) is 4. The van der Waals surface area contributed by atoms with Crippen LogP contribution < -0.4 is 25.5 Å². The summed E-state index contributed by atoms with van der Waals surface area (Å²) in [6.07, 6.45) is -0.143. The predicted octanol–water partition coefficient (Wildman–Crippen LogP) is 8.65. The van der Waals surface area contributed by atoms with Crippen molar-refractivity contribution in [2.75, 3.05) is 9.39 Å². The van der Waals surface area contributed by atoms with Crippen LogP contribution in [0.15, 0.2) is 158 Å². The maximum atomic E-state index is 13.0. The normalized spacial score (nSPS) is 14.3. The van der Waals surface area contributed by atoms with E-state index in [9.17, 15) is 19.8 Å². The third-order valence-electron chi connectivity index (χ3n) is 11.8. The van der Waals surface area contributed by atoms with Crippen LogP contribution >= 0.6 is 8.07 Å². The standard InChI is InChI=1S/C48H40BN2O4P/c1-32-39-29-48(46(52)53,47(54)55)30-40(39)33(2)45(43(32)35-19-9-4-10-20-35)49-50(31-34-17-7-3-8-18-34)41-27-15-21-36-22-16-28-42(44(36)41)51(49)56(37-23-11-5-12-24-37)38-25-13-6-14-26-38/h3-28H,29-31H2,1-2H3,(H,52,53)(H,54,55). The molecule has 0 amide bonds. The van der Waals surface area contributed by atoms with Crippen molar-refractivity contribution in [3.05, 3.63) is 186 Å². The summed E-state index contributed by atoms with van der Waals surface area (Å²) in [5.74, 6) is -2.60. The average Bonchev–Trinajstić information content (AvgIpc) is 3.67. The van der Waals surface area contributed by atoms with Gasteiger partial charge in [0.15, 0.2) is 5.41 Å². The molecule has 7 aromatic rings. The van der Waals surface area contributed by atoms with Gasteiger partial charge in [0.1, 0.15) is 0 Å². The van der Waals surface area contributed by atoms with E-state index in [4.69, 9.17) is 0 Å². The number of benzene rings is 7. The topological polar surface area (TPSA) is 81.1 Å². The van der Waals surface area contributed by atoms with Crippen molar-refractivity contribution in [1.29, 1.82) is 0 Å². The summed E-state index contributed by atoms with van der Waals surface area (Å²) in [6.45, 7) is 4.35. The zero-order valence-electron chi connectivity index (χ0n) is 31.3. The number of carboxylic acid groups (broad SMARTS) is 2. The van der Waals surface area contributed by atoms with Gasteiger partial charge in [0.2, 0.25) is 0 Å². The van der Waals surface area contributed by atoms with E-state index in [1.54, 1.807) is 0 Å². The minimum atomic E-state index is -1.95. The highest BCUT2D eigenvalue weighted by atomic mass is 31.1. The first-order valence-corrected chi connectivity index (χ1v) is 20.3. The van der Waals surface area contributed by atoms with Crippen molar-refractivity contribution < 1.29 is 19.8 Å². The Labute approximate surface area is 328 Å². The Bertz CT molecular complexity index is 2560. The highest BCUT2D eigenvalue weighted by molar-refractivity contribution is 7.76. The molecule has 274 valence electrons. The average molecular weight is 751 g/mol. The molecule has 0 spiro atoms. The van der Waals surface area contributed by atoms with Crippen molar-refractivity contribution in [2.45, 2.75) is 33.2 Å². The Kier molecular flexibility index (Phi) is 8.98. The Morgan fingerprint density at radius 3 is 1.68 bits per heavy atom. The van der Waals surface area contributed by atoms with Crippen LogP contribution in [0.5, 0.6) is 0 Å². The fourth-order valence-electron chi connectivity index (χ4n) is 9.10. The first-order chi connectivity index (χ1) is 27.3. The van der Waals surface area contributed by atoms with E-state index >= 15 is 0 Å². The van der Waals surface area contributed by atoms with Gasteiger partial charge in [-0.25, -0.2) is 0 Å². The fourth-order valence-corrected chi connectivity index (χ4v) is 11.7. The number of aliphatic carboxylic acids is 2. The highest BCUT2D eigenvalue weighted by Crippen LogP contribution is 2.53. The smallest absolute Gasteiger partial charge is 0.416 e. The van der Waals surface area contributed by atoms with Gasteiger partial charge in [-0.1, -0.05) is 146 Å². The lowest BCUT2D eigenvalue weighted by molar-refractivity contribution is -0.163. The second kappa shape index (κ2) is 14.2. The minimum absolute atomic E-state index is 0.0647. The van der Waals surface area contributed by atoms with E-state index in [0.29, 0.717) is 6.54 Å². The van der Waals surface area contributed by atoms with Gasteiger partial charge in [-0.05, 0) is 86.4 Å². The first kappa shape index (κ1) is 35.5. The van der Waals surface area contributed by atoms with Gasteiger partial charge in [-0.15, -0.1) is 0 Å². The number of carbonyl (C=O) groups is 2. The fraction of sp³-hybridized carbons (Fsp3) is 0.125. The lowest BCUT2D eigenvalue weighted by atomic mass is 9.58. The Morgan fingerprint density at radius 2 is 1.12 bits per heavy atom. The number of carboxylic acids is 2. The Hall–Kier alpha value is -6.17. The van der Waals surface area contributed by atoms with Gasteiger partial charge in [0, 0.05) is 44.2 Å². The molecule has 0 bridgehead atoms. The molecule has 0 saturated heterocycles. The molecule has 1 aliphatic heterocycles. The van der Waals surface area contributed by atoms with Crippen molar-refractivity contribution >= 4 is 65.2 Å². The van der Waals surface area contributed by atoms with Gasteiger partial charge in [-0.3, -0.25) is 9.59 Å². The van der Waals surface area contributed by atoms with Crippen molar-refractivity contribution in [1.82, 2.24) is 0 Å². The molecule has 0 aromatic heterocycles. The molecule has 0 atom stereocenters. The van der Waals surface area contributed by atoms with Crippen molar-refractivity contribution in [3.8, 4) is 11.1 Å². The van der Waals surface area contributed by atoms with Crippen LogP contribution in [0.1, 0.15) is 27.8 Å². The molecule has 0 saturated carbocycles. The van der Waals surface area contributed by atoms with Crippen LogP contribution in [0.2, 0.25) is 0 Å². The molecule has 0 unspecified atom stereocenters. The second-order valence-electron chi connectivity index (χ2n) is 14.9. The van der Waals surface area contributed by atoms with Crippen molar-refractivity contribution in [2.24, 2.45) is 5.41 Å². The molecule has 9 rings (SSSR count). The number of nitrogens with zero attached hydrogens (tertiary/aromatic N) is 2. The first-order valence-electron chi connectivity index (χ1n) is 19.0. The number of anilines is 2. The lowest BCUT2D eigenvalue weighted by Gasteiger charge is -2.49. The highest BCUT2D eigenvalue weighted by Gasteiger charge is 2.54. The molecule has 1 aliphatic carbocycles. The number of rotatable bonds is 9. The predicted molar refractivity (Wildman–Crippen MR) is 230 cm³/mol. The van der Waals surface area contributed by atoms with E-state index in [1.165, 1.54) is 16.0 Å². The molecule has 1 heterocycles. The monoisotopic (exact) mass is 750 g/mol. The van der Waals surface area contributed by atoms with Gasteiger partial charge < -0.3 is 19.6 Å². The molecule has 6 nitrogen and oxygen atoms in total. The van der Waals surface area contributed by atoms with Gasteiger partial charge in [0.05, 0.1) is 0 Å². The van der Waals surface area contributed by atoms with Crippen molar-refractivity contribution in [3.63, 3.8) is 0 Å². The van der Waals surface area contributed by atoms with Crippen LogP contribution in [-0.2, 0) is 29.0 Å². The molecule has 2 aliphatic rings. The summed E-state index contributed by atoms with van der Waals surface area (Å²) in [4.78, 5) is 28.4. The van der Waals surface area contributed by atoms with Gasteiger partial charge >= 0.3 is 18.9 Å². The van der Waals surface area contributed by atoms with Gasteiger partial charge in [0.25, 0.3) is 0 Å². The third-order valence-corrected chi connectivity index (χ3v) is 14.2. The molecule has 2 N–H and O–H groups in total. The molecular formula is C48H40BN2O4P. The molecule has 56 heavy (non-hydrogen) atoms. The number of fused-ring (bicyclic) bond motifs is 1. The van der Waals surface area contributed by atoms with Crippen LogP contribution in [0.4, 0.5) is 11.4 Å². The maximum Gasteiger partial charge on any atom is 0.416 e. The van der Waals surface area contributed by atoms with E-state index in [-0.39, 0.29) is 12.8 Å². The SMILES string of the molecule is Cc1c2c(c(C)c(-c3ccccc3)c1B1N(Cc3ccccc3)c3cccc4cccc(c34)N1P(c1ccccc1)c1ccccc1)CC(C(=O)O)(C(=O)O)C2. The van der Waals surface area contributed by atoms with Crippen LogP contribution in [0.3, 0.4) is 0 Å². The largest absolute Gasteiger partial charge is 0.480 e. The van der Waals surface area contributed by atoms with E-state index < -0.39 is 32.4 Å². The second-order valence-corrected chi connectivity index (χ2v) is 17.0. The molecular weight excluding hydrogens is 710 g/mol. The summed E-state index contributed by atoms with van der Waals surface area (Å²) in [5.41, 5.74) is 8.03. The summed E-state index contributed by atoms with van der Waals surface area (Å²) in [5, 5.41) is 25.8.